The highest BCUT2D eigenvalue weighted by atomic mass is 19.1. The van der Waals surface area contributed by atoms with Crippen LogP contribution in [0.15, 0.2) is 54.6 Å². The molecule has 0 spiro atoms. The molecule has 3 N–H and O–H groups in total. The SMILES string of the molecule is COc1ccc(Nc2cc(C)nc(NCCNC(=O)c3ccccc3F)n2)cc1. The zero-order chi connectivity index (χ0) is 20.6. The van der Waals surface area contributed by atoms with Crippen LogP contribution in [0.4, 0.5) is 21.8 Å². The molecule has 1 amide bonds. The third-order valence-electron chi connectivity index (χ3n) is 4.03. The fourth-order valence-electron chi connectivity index (χ4n) is 2.62. The van der Waals surface area contributed by atoms with Crippen molar-refractivity contribution in [3.63, 3.8) is 0 Å². The van der Waals surface area contributed by atoms with Gasteiger partial charge >= 0.3 is 0 Å². The number of aromatic nitrogens is 2. The first kappa shape index (κ1) is 20.1. The summed E-state index contributed by atoms with van der Waals surface area (Å²) in [6, 6.07) is 15.2. The van der Waals surface area contributed by atoms with Crippen molar-refractivity contribution < 1.29 is 13.9 Å². The quantitative estimate of drug-likeness (QED) is 0.506. The van der Waals surface area contributed by atoms with Crippen molar-refractivity contribution in [2.24, 2.45) is 0 Å². The molecule has 0 saturated heterocycles. The Bertz CT molecular complexity index is 979. The number of hydrogen-bond donors (Lipinski definition) is 3. The fourth-order valence-corrected chi connectivity index (χ4v) is 2.62. The molecule has 150 valence electrons. The molecule has 0 fully saturated rings. The van der Waals surface area contributed by atoms with Crippen molar-refractivity contribution in [1.29, 1.82) is 0 Å². The number of nitrogens with one attached hydrogen (secondary N) is 3. The van der Waals surface area contributed by atoms with Crippen LogP contribution in [-0.2, 0) is 0 Å². The van der Waals surface area contributed by atoms with Gasteiger partial charge in [0.2, 0.25) is 5.95 Å². The summed E-state index contributed by atoms with van der Waals surface area (Å²) >= 11 is 0. The number of hydrogen-bond acceptors (Lipinski definition) is 6. The molecule has 0 radical (unpaired) electrons. The number of nitrogens with zero attached hydrogens (tertiary/aromatic N) is 2. The monoisotopic (exact) mass is 395 g/mol. The first-order valence-corrected chi connectivity index (χ1v) is 9.08. The third kappa shape index (κ3) is 5.65. The number of rotatable bonds is 8. The van der Waals surface area contributed by atoms with E-state index in [4.69, 9.17) is 4.74 Å². The summed E-state index contributed by atoms with van der Waals surface area (Å²) in [5.41, 5.74) is 1.67. The van der Waals surface area contributed by atoms with E-state index in [0.29, 0.717) is 24.9 Å². The van der Waals surface area contributed by atoms with E-state index in [0.717, 1.165) is 17.1 Å². The number of carbonyl (C=O) groups is 1. The molecule has 3 aromatic rings. The predicted molar refractivity (Wildman–Crippen MR) is 110 cm³/mol. The number of anilines is 3. The minimum absolute atomic E-state index is 0.0188. The molecule has 0 aliphatic heterocycles. The second-order valence-corrected chi connectivity index (χ2v) is 6.23. The topological polar surface area (TPSA) is 88.2 Å². The van der Waals surface area contributed by atoms with Crippen LogP contribution >= 0.6 is 0 Å². The molecule has 2 aromatic carbocycles. The summed E-state index contributed by atoms with van der Waals surface area (Å²) in [4.78, 5) is 20.8. The Balaban J connectivity index is 1.54. The lowest BCUT2D eigenvalue weighted by molar-refractivity contribution is 0.0951. The normalized spacial score (nSPS) is 10.3. The molecule has 0 atom stereocenters. The Morgan fingerprint density at radius 2 is 1.83 bits per heavy atom. The second kappa shape index (κ2) is 9.50. The summed E-state index contributed by atoms with van der Waals surface area (Å²) in [6.07, 6.45) is 0. The lowest BCUT2D eigenvalue weighted by Crippen LogP contribution is -2.29. The lowest BCUT2D eigenvalue weighted by atomic mass is 10.2. The van der Waals surface area contributed by atoms with Crippen molar-refractivity contribution in [2.75, 3.05) is 30.8 Å². The van der Waals surface area contributed by atoms with Gasteiger partial charge in [-0.2, -0.15) is 4.98 Å². The van der Waals surface area contributed by atoms with E-state index in [1.165, 1.54) is 12.1 Å². The number of halogens is 1. The van der Waals surface area contributed by atoms with Gasteiger partial charge in [0.25, 0.3) is 5.91 Å². The highest BCUT2D eigenvalue weighted by Crippen LogP contribution is 2.19. The number of amides is 1. The van der Waals surface area contributed by atoms with Crippen LogP contribution in [0.1, 0.15) is 16.1 Å². The van der Waals surface area contributed by atoms with Crippen LogP contribution in [-0.4, -0.2) is 36.1 Å². The average molecular weight is 395 g/mol. The maximum absolute atomic E-state index is 13.6. The van der Waals surface area contributed by atoms with E-state index in [1.54, 1.807) is 19.2 Å². The summed E-state index contributed by atoms with van der Waals surface area (Å²) in [6.45, 7) is 2.56. The van der Waals surface area contributed by atoms with E-state index in [9.17, 15) is 9.18 Å². The van der Waals surface area contributed by atoms with Gasteiger partial charge in [-0.25, -0.2) is 9.37 Å². The Morgan fingerprint density at radius 3 is 2.55 bits per heavy atom. The van der Waals surface area contributed by atoms with Gasteiger partial charge in [-0.1, -0.05) is 12.1 Å². The van der Waals surface area contributed by atoms with Gasteiger partial charge in [0.05, 0.1) is 12.7 Å². The summed E-state index contributed by atoms with van der Waals surface area (Å²) in [7, 11) is 1.62. The first-order chi connectivity index (χ1) is 14.0. The minimum Gasteiger partial charge on any atom is -0.497 e. The molecule has 0 aliphatic rings. The summed E-state index contributed by atoms with van der Waals surface area (Å²) in [5.74, 6) is 0.835. The smallest absolute Gasteiger partial charge is 0.254 e. The van der Waals surface area contributed by atoms with Crippen LogP contribution in [0.3, 0.4) is 0 Å². The zero-order valence-corrected chi connectivity index (χ0v) is 16.2. The largest absolute Gasteiger partial charge is 0.497 e. The average Bonchev–Trinajstić information content (AvgIpc) is 2.71. The number of benzene rings is 2. The van der Waals surface area contributed by atoms with E-state index >= 15 is 0 Å². The first-order valence-electron chi connectivity index (χ1n) is 9.08. The zero-order valence-electron chi connectivity index (χ0n) is 16.2. The van der Waals surface area contributed by atoms with Crippen LogP contribution in [0, 0.1) is 12.7 Å². The van der Waals surface area contributed by atoms with Crippen molar-refractivity contribution in [1.82, 2.24) is 15.3 Å². The van der Waals surface area contributed by atoms with Crippen molar-refractivity contribution in [2.45, 2.75) is 6.92 Å². The molecule has 1 aromatic heterocycles. The molecule has 3 rings (SSSR count). The van der Waals surface area contributed by atoms with Gasteiger partial charge < -0.3 is 20.7 Å². The van der Waals surface area contributed by atoms with Crippen molar-refractivity contribution in [3.8, 4) is 5.75 Å². The van der Waals surface area contributed by atoms with E-state index in [2.05, 4.69) is 25.9 Å². The molecule has 1 heterocycles. The summed E-state index contributed by atoms with van der Waals surface area (Å²) < 4.78 is 18.8. The Labute approximate surface area is 168 Å². The maximum atomic E-state index is 13.6. The number of carbonyl (C=O) groups excluding carboxylic acids is 1. The van der Waals surface area contributed by atoms with Gasteiger partial charge in [0, 0.05) is 30.5 Å². The number of methoxy groups -OCH3 is 1. The lowest BCUT2D eigenvalue weighted by Gasteiger charge is -2.11. The van der Waals surface area contributed by atoms with Gasteiger partial charge in [0.15, 0.2) is 0 Å². The molecule has 0 bridgehead atoms. The van der Waals surface area contributed by atoms with Crippen LogP contribution in [0.25, 0.3) is 0 Å². The summed E-state index contributed by atoms with van der Waals surface area (Å²) in [5, 5.41) is 8.94. The molecule has 0 aliphatic carbocycles. The van der Waals surface area contributed by atoms with Crippen LogP contribution in [0.2, 0.25) is 0 Å². The Hall–Kier alpha value is -3.68. The highest BCUT2D eigenvalue weighted by Gasteiger charge is 2.10. The molecule has 8 heteroatoms. The van der Waals surface area contributed by atoms with E-state index in [1.807, 2.05) is 37.3 Å². The number of aryl methyl sites for hydroxylation is 1. The minimum atomic E-state index is -0.547. The molecule has 0 unspecified atom stereocenters. The van der Waals surface area contributed by atoms with Crippen LogP contribution in [0.5, 0.6) is 5.75 Å². The fraction of sp³-hybridized carbons (Fsp3) is 0.190. The predicted octanol–water partition coefficient (Wildman–Crippen LogP) is 3.52. The number of ether oxygens (including phenoxy) is 1. The van der Waals surface area contributed by atoms with Gasteiger partial charge in [0.1, 0.15) is 17.4 Å². The maximum Gasteiger partial charge on any atom is 0.254 e. The molecule has 29 heavy (non-hydrogen) atoms. The van der Waals surface area contributed by atoms with E-state index in [-0.39, 0.29) is 5.56 Å². The molecule has 7 nitrogen and oxygen atoms in total. The third-order valence-corrected chi connectivity index (χ3v) is 4.03. The second-order valence-electron chi connectivity index (χ2n) is 6.23. The Kier molecular flexibility index (Phi) is 6.57. The molecular weight excluding hydrogens is 373 g/mol. The Morgan fingerprint density at radius 1 is 1.07 bits per heavy atom. The van der Waals surface area contributed by atoms with Gasteiger partial charge in [-0.05, 0) is 43.3 Å². The van der Waals surface area contributed by atoms with Gasteiger partial charge in [-0.15, -0.1) is 0 Å². The molecule has 0 saturated carbocycles. The van der Waals surface area contributed by atoms with Crippen molar-refractivity contribution in [3.05, 3.63) is 71.7 Å². The molecular formula is C21H22FN5O2. The van der Waals surface area contributed by atoms with Crippen molar-refractivity contribution >= 4 is 23.4 Å². The highest BCUT2D eigenvalue weighted by molar-refractivity contribution is 5.94. The van der Waals surface area contributed by atoms with Gasteiger partial charge in [-0.3, -0.25) is 4.79 Å². The standard InChI is InChI=1S/C21H22FN5O2/c1-14-13-19(26-15-7-9-16(29-2)10-8-15)27-21(25-14)24-12-11-23-20(28)17-5-3-4-6-18(17)22/h3-10,13H,11-12H2,1-2H3,(H,23,28)(H2,24,25,26,27). The van der Waals surface area contributed by atoms with E-state index < -0.39 is 11.7 Å². The van der Waals surface area contributed by atoms with Crippen LogP contribution < -0.4 is 20.7 Å².